The van der Waals surface area contributed by atoms with E-state index in [4.69, 9.17) is 16.3 Å². The van der Waals surface area contributed by atoms with Gasteiger partial charge in [0.2, 0.25) is 0 Å². The minimum atomic E-state index is -4.33. The number of benzene rings is 1. The van der Waals surface area contributed by atoms with E-state index in [1.54, 1.807) is 6.07 Å². The maximum absolute atomic E-state index is 12.7. The van der Waals surface area contributed by atoms with Gasteiger partial charge in [-0.25, -0.2) is 0 Å². The molecule has 3 rings (SSSR count). The summed E-state index contributed by atoms with van der Waals surface area (Å²) < 4.78 is 43.2. The second-order valence-electron chi connectivity index (χ2n) is 3.82. The largest absolute Gasteiger partial charge is 0.416 e. The van der Waals surface area contributed by atoms with Gasteiger partial charge in [-0.05, 0) is 23.3 Å². The van der Waals surface area contributed by atoms with Crippen molar-refractivity contribution in [3.05, 3.63) is 33.8 Å². The highest BCUT2D eigenvalue weighted by Crippen LogP contribution is 2.52. The molecule has 1 heterocycles. The van der Waals surface area contributed by atoms with Gasteiger partial charge in [-0.3, -0.25) is 0 Å². The Morgan fingerprint density at radius 3 is 2.73 bits per heavy atom. The van der Waals surface area contributed by atoms with Gasteiger partial charge < -0.3 is 4.74 Å². The Bertz CT molecular complexity index is 441. The molecule has 15 heavy (non-hydrogen) atoms. The van der Waals surface area contributed by atoms with Crippen molar-refractivity contribution in [1.29, 1.82) is 0 Å². The molecule has 0 aromatic heterocycles. The van der Waals surface area contributed by atoms with Crippen LogP contribution < -0.4 is 0 Å². The van der Waals surface area contributed by atoms with E-state index in [-0.39, 0.29) is 17.2 Å². The van der Waals surface area contributed by atoms with Crippen molar-refractivity contribution in [2.75, 3.05) is 0 Å². The van der Waals surface area contributed by atoms with Crippen LogP contribution in [0, 0.1) is 0 Å². The van der Waals surface area contributed by atoms with E-state index in [1.807, 2.05) is 0 Å². The number of halogens is 4. The molecule has 0 radical (unpaired) electrons. The maximum Gasteiger partial charge on any atom is 0.416 e. The fourth-order valence-corrected chi connectivity index (χ4v) is 2.39. The van der Waals surface area contributed by atoms with Crippen LogP contribution in [0.25, 0.3) is 0 Å². The molecule has 1 aromatic rings. The summed E-state index contributed by atoms with van der Waals surface area (Å²) in [6.07, 6.45) is -4.18. The summed E-state index contributed by atoms with van der Waals surface area (Å²) in [5.74, 6) is 0. The molecule has 1 nitrogen and oxygen atoms in total. The van der Waals surface area contributed by atoms with E-state index in [1.165, 1.54) is 0 Å². The molecule has 1 saturated heterocycles. The number of hydrogen-bond donors (Lipinski definition) is 0. The molecule has 1 aliphatic heterocycles. The van der Waals surface area contributed by atoms with Crippen LogP contribution in [-0.2, 0) is 17.3 Å². The normalized spacial score (nSPS) is 27.5. The topological polar surface area (TPSA) is 12.5 Å². The molecule has 0 saturated carbocycles. The predicted molar refractivity (Wildman–Crippen MR) is 47.8 cm³/mol. The third-order valence-corrected chi connectivity index (χ3v) is 3.07. The summed E-state index contributed by atoms with van der Waals surface area (Å²) in [4.78, 5) is 0. The number of rotatable bonds is 0. The standard InChI is InChI=1S/C10H6ClF3O/c11-4-1-6-5(3-8-9(6)15-8)7(2-4)10(12,13)14/h1-2,8-9H,3H2/t8-,9+/m1/s1. The van der Waals surface area contributed by atoms with Gasteiger partial charge in [0, 0.05) is 11.4 Å². The van der Waals surface area contributed by atoms with Crippen molar-refractivity contribution >= 4 is 11.6 Å². The lowest BCUT2D eigenvalue weighted by molar-refractivity contribution is -0.138. The van der Waals surface area contributed by atoms with E-state index in [0.29, 0.717) is 17.5 Å². The van der Waals surface area contributed by atoms with E-state index >= 15 is 0 Å². The zero-order valence-electron chi connectivity index (χ0n) is 7.44. The fraction of sp³-hybridized carbons (Fsp3) is 0.400. The molecule has 2 atom stereocenters. The number of fused-ring (bicyclic) bond motifs is 3. The van der Waals surface area contributed by atoms with E-state index in [0.717, 1.165) is 6.07 Å². The Balaban J connectivity index is 2.19. The summed E-state index contributed by atoms with van der Waals surface area (Å²) in [6.45, 7) is 0. The molecule has 80 valence electrons. The van der Waals surface area contributed by atoms with Gasteiger partial charge in [0.1, 0.15) is 6.10 Å². The summed E-state index contributed by atoms with van der Waals surface area (Å²) >= 11 is 5.66. The molecule has 0 bridgehead atoms. The fourth-order valence-electron chi connectivity index (χ4n) is 2.17. The summed E-state index contributed by atoms with van der Waals surface area (Å²) in [5, 5.41) is 0.122. The SMILES string of the molecule is FC(F)(F)c1cc(Cl)cc2c1C[C@H]1O[C@@H]21. The van der Waals surface area contributed by atoms with Gasteiger partial charge in [-0.2, -0.15) is 13.2 Å². The minimum absolute atomic E-state index is 0.0560. The Hall–Kier alpha value is -0.740. The average molecular weight is 235 g/mol. The first-order chi connectivity index (χ1) is 6.97. The minimum Gasteiger partial charge on any atom is -0.364 e. The molecule has 0 spiro atoms. The number of hydrogen-bond acceptors (Lipinski definition) is 1. The third kappa shape index (κ3) is 1.35. The summed E-state index contributed by atoms with van der Waals surface area (Å²) in [5.41, 5.74) is 0.355. The first-order valence-corrected chi connectivity index (χ1v) is 4.89. The van der Waals surface area contributed by atoms with Gasteiger partial charge in [0.05, 0.1) is 11.7 Å². The van der Waals surface area contributed by atoms with Crippen LogP contribution >= 0.6 is 11.6 Å². The molecular weight excluding hydrogens is 229 g/mol. The lowest BCUT2D eigenvalue weighted by atomic mass is 10.0. The molecule has 1 fully saturated rings. The van der Waals surface area contributed by atoms with Gasteiger partial charge in [-0.1, -0.05) is 11.6 Å². The van der Waals surface area contributed by atoms with Crippen molar-refractivity contribution in [3.8, 4) is 0 Å². The van der Waals surface area contributed by atoms with Crippen molar-refractivity contribution < 1.29 is 17.9 Å². The Morgan fingerprint density at radius 2 is 2.07 bits per heavy atom. The van der Waals surface area contributed by atoms with Crippen molar-refractivity contribution in [1.82, 2.24) is 0 Å². The second-order valence-corrected chi connectivity index (χ2v) is 4.25. The second kappa shape index (κ2) is 2.68. The maximum atomic E-state index is 12.7. The van der Waals surface area contributed by atoms with Crippen LogP contribution in [-0.4, -0.2) is 6.10 Å². The molecule has 1 aliphatic carbocycles. The Kier molecular flexibility index (Phi) is 1.70. The molecule has 2 aliphatic rings. The summed E-state index contributed by atoms with van der Waals surface area (Å²) in [7, 11) is 0. The Labute approximate surface area is 88.8 Å². The first-order valence-electron chi connectivity index (χ1n) is 4.52. The van der Waals surface area contributed by atoms with Gasteiger partial charge in [-0.15, -0.1) is 0 Å². The van der Waals surface area contributed by atoms with Crippen LogP contribution in [0.15, 0.2) is 12.1 Å². The molecule has 0 amide bonds. The molecule has 0 N–H and O–H groups in total. The smallest absolute Gasteiger partial charge is 0.364 e. The molecule has 5 heteroatoms. The monoisotopic (exact) mass is 234 g/mol. The molecule has 0 unspecified atom stereocenters. The van der Waals surface area contributed by atoms with Crippen molar-refractivity contribution in [2.24, 2.45) is 0 Å². The molecule has 1 aromatic carbocycles. The van der Waals surface area contributed by atoms with E-state index in [9.17, 15) is 13.2 Å². The lowest BCUT2D eigenvalue weighted by Gasteiger charge is -2.13. The number of epoxide rings is 1. The van der Waals surface area contributed by atoms with Gasteiger partial charge in [0.25, 0.3) is 0 Å². The summed E-state index contributed by atoms with van der Waals surface area (Å²) in [6, 6.07) is 2.56. The highest BCUT2D eigenvalue weighted by Gasteiger charge is 2.50. The number of alkyl halides is 3. The van der Waals surface area contributed by atoms with Crippen LogP contribution in [0.2, 0.25) is 5.02 Å². The molecular formula is C10H6ClF3O. The van der Waals surface area contributed by atoms with Crippen LogP contribution in [0.4, 0.5) is 13.2 Å². The number of ether oxygens (including phenoxy) is 1. The average Bonchev–Trinajstić information content (AvgIpc) is 2.79. The van der Waals surface area contributed by atoms with E-state index in [2.05, 4.69) is 0 Å². The highest BCUT2D eigenvalue weighted by molar-refractivity contribution is 6.30. The van der Waals surface area contributed by atoms with E-state index < -0.39 is 11.7 Å². The quantitative estimate of drug-likeness (QED) is 0.627. The zero-order chi connectivity index (χ0) is 10.8. The van der Waals surface area contributed by atoms with Crippen molar-refractivity contribution in [2.45, 2.75) is 24.8 Å². The van der Waals surface area contributed by atoms with Crippen molar-refractivity contribution in [3.63, 3.8) is 0 Å². The first kappa shape index (κ1) is 9.48. The van der Waals surface area contributed by atoms with Crippen LogP contribution in [0.3, 0.4) is 0 Å². The third-order valence-electron chi connectivity index (χ3n) is 2.85. The zero-order valence-corrected chi connectivity index (χ0v) is 8.19. The van der Waals surface area contributed by atoms with Gasteiger partial charge >= 0.3 is 6.18 Å². The lowest BCUT2D eigenvalue weighted by Crippen LogP contribution is -2.10. The van der Waals surface area contributed by atoms with Gasteiger partial charge in [0.15, 0.2) is 0 Å². The highest BCUT2D eigenvalue weighted by atomic mass is 35.5. The Morgan fingerprint density at radius 1 is 1.33 bits per heavy atom. The van der Waals surface area contributed by atoms with Crippen LogP contribution in [0.5, 0.6) is 0 Å². The van der Waals surface area contributed by atoms with Crippen LogP contribution in [0.1, 0.15) is 22.8 Å². The predicted octanol–water partition coefficient (Wildman–Crippen LogP) is 3.35.